The number of alkyl halides is 3. The Balaban J connectivity index is 2.08. The van der Waals surface area contributed by atoms with Crippen molar-refractivity contribution in [2.45, 2.75) is 26.1 Å². The fraction of sp³-hybridized carbons (Fsp3) is 0.308. The summed E-state index contributed by atoms with van der Waals surface area (Å²) in [6, 6.07) is 3.32. The Labute approximate surface area is 118 Å². The van der Waals surface area contributed by atoms with Crippen molar-refractivity contribution < 1.29 is 18.0 Å². The van der Waals surface area contributed by atoms with Crippen molar-refractivity contribution in [2.75, 3.05) is 5.32 Å². The second kappa shape index (κ2) is 5.55. The minimum Gasteiger partial charge on any atom is -0.309 e. The molecule has 0 bridgehead atoms. The van der Waals surface area contributed by atoms with E-state index in [9.17, 15) is 18.0 Å². The molecule has 0 aromatic carbocycles. The summed E-state index contributed by atoms with van der Waals surface area (Å²) in [6.07, 6.45) is -1.83. The maximum absolute atomic E-state index is 12.5. The lowest BCUT2D eigenvalue weighted by Gasteiger charge is -2.12. The third kappa shape index (κ3) is 3.59. The number of aromatic nitrogens is 3. The first-order chi connectivity index (χ1) is 9.77. The molecular formula is C13H13F3N4O. The van der Waals surface area contributed by atoms with Crippen LogP contribution >= 0.6 is 0 Å². The highest BCUT2D eigenvalue weighted by atomic mass is 19.4. The maximum atomic E-state index is 12.5. The molecule has 21 heavy (non-hydrogen) atoms. The van der Waals surface area contributed by atoms with E-state index >= 15 is 0 Å². The molecule has 0 aliphatic carbocycles. The number of nitrogens with one attached hydrogen (secondary N) is 1. The molecule has 2 rings (SSSR count). The first kappa shape index (κ1) is 15.0. The zero-order chi connectivity index (χ0) is 15.6. The van der Waals surface area contributed by atoms with Gasteiger partial charge in [0.1, 0.15) is 11.9 Å². The molecule has 0 saturated heterocycles. The van der Waals surface area contributed by atoms with Gasteiger partial charge in [0.05, 0.1) is 0 Å². The van der Waals surface area contributed by atoms with E-state index in [2.05, 4.69) is 15.4 Å². The van der Waals surface area contributed by atoms with E-state index in [1.165, 1.54) is 6.92 Å². The average molecular weight is 298 g/mol. The Morgan fingerprint density at radius 3 is 2.57 bits per heavy atom. The summed E-state index contributed by atoms with van der Waals surface area (Å²) in [6.45, 7) is 3.31. The summed E-state index contributed by atoms with van der Waals surface area (Å²) in [5.41, 5.74) is -0.0986. The highest BCUT2D eigenvalue weighted by Gasteiger charge is 2.34. The Bertz CT molecular complexity index is 634. The third-order valence-corrected chi connectivity index (χ3v) is 2.84. The SMILES string of the molecule is Cc1ccc(NC(=O)C(C)n2ccc(C(F)(F)F)n2)nc1. The first-order valence-electron chi connectivity index (χ1n) is 6.13. The van der Waals surface area contributed by atoms with Crippen molar-refractivity contribution in [1.29, 1.82) is 0 Å². The van der Waals surface area contributed by atoms with Crippen molar-refractivity contribution in [3.8, 4) is 0 Å². The van der Waals surface area contributed by atoms with Gasteiger partial charge in [-0.25, -0.2) is 4.98 Å². The van der Waals surface area contributed by atoms with Crippen LogP contribution in [0, 0.1) is 6.92 Å². The minimum absolute atomic E-state index is 0.334. The number of hydrogen-bond donors (Lipinski definition) is 1. The van der Waals surface area contributed by atoms with Crippen molar-refractivity contribution in [3.05, 3.63) is 41.9 Å². The van der Waals surface area contributed by atoms with Gasteiger partial charge in [-0.15, -0.1) is 0 Å². The van der Waals surface area contributed by atoms with E-state index < -0.39 is 23.8 Å². The zero-order valence-corrected chi connectivity index (χ0v) is 11.3. The first-order valence-corrected chi connectivity index (χ1v) is 6.13. The van der Waals surface area contributed by atoms with Crippen LogP contribution in [0.3, 0.4) is 0 Å². The van der Waals surface area contributed by atoms with E-state index in [1.807, 2.05) is 6.92 Å². The number of amides is 1. The normalized spacial score (nSPS) is 13.0. The smallest absolute Gasteiger partial charge is 0.309 e. The van der Waals surface area contributed by atoms with E-state index in [-0.39, 0.29) is 0 Å². The number of halogens is 3. The largest absolute Gasteiger partial charge is 0.435 e. The summed E-state index contributed by atoms with van der Waals surface area (Å²) in [5, 5.41) is 5.89. The quantitative estimate of drug-likeness (QED) is 0.948. The Hall–Kier alpha value is -2.38. The molecule has 1 unspecified atom stereocenters. The van der Waals surface area contributed by atoms with Gasteiger partial charge < -0.3 is 5.32 Å². The van der Waals surface area contributed by atoms with Crippen LogP contribution in [0.15, 0.2) is 30.6 Å². The van der Waals surface area contributed by atoms with Crippen LogP contribution in [0.1, 0.15) is 24.2 Å². The summed E-state index contributed by atoms with van der Waals surface area (Å²) in [4.78, 5) is 16.0. The fourth-order valence-corrected chi connectivity index (χ4v) is 1.60. The number of carbonyl (C=O) groups is 1. The predicted octanol–water partition coefficient (Wildman–Crippen LogP) is 2.81. The molecule has 1 amide bonds. The van der Waals surface area contributed by atoms with Gasteiger partial charge in [-0.3, -0.25) is 9.48 Å². The third-order valence-electron chi connectivity index (χ3n) is 2.84. The van der Waals surface area contributed by atoms with Crippen LogP contribution in [0.5, 0.6) is 0 Å². The number of anilines is 1. The van der Waals surface area contributed by atoms with Crippen molar-refractivity contribution >= 4 is 11.7 Å². The van der Waals surface area contributed by atoms with Crippen LogP contribution in [0.2, 0.25) is 0 Å². The number of hydrogen-bond acceptors (Lipinski definition) is 3. The molecule has 0 aliphatic heterocycles. The molecule has 1 atom stereocenters. The monoisotopic (exact) mass is 298 g/mol. The average Bonchev–Trinajstić information content (AvgIpc) is 2.90. The summed E-state index contributed by atoms with van der Waals surface area (Å²) < 4.78 is 38.4. The lowest BCUT2D eigenvalue weighted by atomic mass is 10.3. The van der Waals surface area contributed by atoms with E-state index in [1.54, 1.807) is 18.3 Å². The van der Waals surface area contributed by atoms with Gasteiger partial charge in [-0.05, 0) is 31.5 Å². The Kier molecular flexibility index (Phi) is 3.97. The molecule has 8 heteroatoms. The molecular weight excluding hydrogens is 285 g/mol. The second-order valence-corrected chi connectivity index (χ2v) is 4.56. The maximum Gasteiger partial charge on any atom is 0.435 e. The van der Waals surface area contributed by atoms with Gasteiger partial charge in [0.2, 0.25) is 5.91 Å². The molecule has 0 aliphatic rings. The van der Waals surface area contributed by atoms with Crippen LogP contribution in [-0.4, -0.2) is 20.7 Å². The molecule has 0 fully saturated rings. The molecule has 2 heterocycles. The summed E-state index contributed by atoms with van der Waals surface area (Å²) in [5.74, 6) is -0.163. The van der Waals surface area contributed by atoms with Crippen molar-refractivity contribution in [2.24, 2.45) is 0 Å². The van der Waals surface area contributed by atoms with Gasteiger partial charge in [0, 0.05) is 12.4 Å². The van der Waals surface area contributed by atoms with Gasteiger partial charge in [-0.1, -0.05) is 6.07 Å². The summed E-state index contributed by atoms with van der Waals surface area (Å²) >= 11 is 0. The fourth-order valence-electron chi connectivity index (χ4n) is 1.60. The number of nitrogens with zero attached hydrogens (tertiary/aromatic N) is 3. The van der Waals surface area contributed by atoms with E-state index in [0.717, 1.165) is 22.5 Å². The predicted molar refractivity (Wildman–Crippen MR) is 69.5 cm³/mol. The molecule has 1 N–H and O–H groups in total. The molecule has 5 nitrogen and oxygen atoms in total. The van der Waals surface area contributed by atoms with E-state index in [0.29, 0.717) is 5.82 Å². The van der Waals surface area contributed by atoms with Crippen LogP contribution in [-0.2, 0) is 11.0 Å². The Morgan fingerprint density at radius 1 is 1.33 bits per heavy atom. The van der Waals surface area contributed by atoms with Gasteiger partial charge in [-0.2, -0.15) is 18.3 Å². The molecule has 0 radical (unpaired) electrons. The zero-order valence-electron chi connectivity index (χ0n) is 11.3. The van der Waals surface area contributed by atoms with Gasteiger partial charge in [0.25, 0.3) is 0 Å². The Morgan fingerprint density at radius 2 is 2.05 bits per heavy atom. The van der Waals surface area contributed by atoms with Crippen LogP contribution in [0.25, 0.3) is 0 Å². The summed E-state index contributed by atoms with van der Waals surface area (Å²) in [7, 11) is 0. The lowest BCUT2D eigenvalue weighted by molar-refractivity contribution is -0.141. The number of carbonyl (C=O) groups excluding carboxylic acids is 1. The van der Waals surface area contributed by atoms with E-state index in [4.69, 9.17) is 0 Å². The van der Waals surface area contributed by atoms with Crippen molar-refractivity contribution in [3.63, 3.8) is 0 Å². The van der Waals surface area contributed by atoms with Gasteiger partial charge >= 0.3 is 6.18 Å². The number of rotatable bonds is 3. The molecule has 112 valence electrons. The van der Waals surface area contributed by atoms with Gasteiger partial charge in [0.15, 0.2) is 5.69 Å². The van der Waals surface area contributed by atoms with Crippen LogP contribution < -0.4 is 5.32 Å². The van der Waals surface area contributed by atoms with Crippen LogP contribution in [0.4, 0.5) is 19.0 Å². The standard InChI is InChI=1S/C13H13F3N4O/c1-8-3-4-11(17-7-8)18-12(21)9(2)20-6-5-10(19-20)13(14,15)16/h3-7,9H,1-2H3,(H,17,18,21). The number of aryl methyl sites for hydroxylation is 1. The topological polar surface area (TPSA) is 59.8 Å². The highest BCUT2D eigenvalue weighted by Crippen LogP contribution is 2.27. The number of pyridine rings is 1. The highest BCUT2D eigenvalue weighted by molar-refractivity contribution is 5.92. The second-order valence-electron chi connectivity index (χ2n) is 4.56. The lowest BCUT2D eigenvalue weighted by Crippen LogP contribution is -2.25. The molecule has 2 aromatic heterocycles. The molecule has 0 spiro atoms. The minimum atomic E-state index is -4.53. The molecule has 2 aromatic rings. The van der Waals surface area contributed by atoms with Crippen molar-refractivity contribution in [1.82, 2.24) is 14.8 Å². The molecule has 0 saturated carbocycles.